The first-order chi connectivity index (χ1) is 8.11. The Kier molecular flexibility index (Phi) is 5.92. The second-order valence-electron chi connectivity index (χ2n) is 5.09. The molecule has 0 saturated heterocycles. The molecule has 1 rings (SSSR count). The maximum absolute atomic E-state index is 11.1. The van der Waals surface area contributed by atoms with E-state index < -0.39 is 11.5 Å². The van der Waals surface area contributed by atoms with Gasteiger partial charge in [-0.3, -0.25) is 4.79 Å². The predicted octanol–water partition coefficient (Wildman–Crippen LogP) is 2.17. The standard InChI is InChI=1S/C13H25NO3/c1-2-3-4-5-6-9-17-10-13(14,12(15)16)11-7-8-11/h11H,2-10,14H2,1H3,(H,15,16). The van der Waals surface area contributed by atoms with Gasteiger partial charge in [0.25, 0.3) is 0 Å². The van der Waals surface area contributed by atoms with E-state index in [0.717, 1.165) is 25.7 Å². The molecule has 0 amide bonds. The molecule has 0 bridgehead atoms. The lowest BCUT2D eigenvalue weighted by Gasteiger charge is -2.24. The largest absolute Gasteiger partial charge is 0.480 e. The van der Waals surface area contributed by atoms with Gasteiger partial charge in [-0.25, -0.2) is 0 Å². The molecule has 1 aliphatic rings. The summed E-state index contributed by atoms with van der Waals surface area (Å²) < 4.78 is 5.44. The predicted molar refractivity (Wildman–Crippen MR) is 66.9 cm³/mol. The normalized spacial score (nSPS) is 18.9. The number of carboxylic acids is 1. The van der Waals surface area contributed by atoms with Crippen molar-refractivity contribution in [2.75, 3.05) is 13.2 Å². The summed E-state index contributed by atoms with van der Waals surface area (Å²) >= 11 is 0. The zero-order chi connectivity index (χ0) is 12.7. The maximum atomic E-state index is 11.1. The van der Waals surface area contributed by atoms with Crippen molar-refractivity contribution in [2.24, 2.45) is 11.7 Å². The molecule has 4 nitrogen and oxygen atoms in total. The molecule has 1 unspecified atom stereocenters. The Balaban J connectivity index is 2.09. The number of nitrogens with two attached hydrogens (primary N) is 1. The van der Waals surface area contributed by atoms with E-state index in [9.17, 15) is 4.79 Å². The van der Waals surface area contributed by atoms with E-state index in [2.05, 4.69) is 6.92 Å². The summed E-state index contributed by atoms with van der Waals surface area (Å²) in [5.74, 6) is -0.814. The van der Waals surface area contributed by atoms with Gasteiger partial charge in [-0.15, -0.1) is 0 Å². The Morgan fingerprint density at radius 3 is 2.53 bits per heavy atom. The molecule has 0 aromatic rings. The molecule has 3 N–H and O–H groups in total. The van der Waals surface area contributed by atoms with E-state index >= 15 is 0 Å². The van der Waals surface area contributed by atoms with E-state index in [1.165, 1.54) is 19.3 Å². The third-order valence-electron chi connectivity index (χ3n) is 3.44. The van der Waals surface area contributed by atoms with Crippen molar-refractivity contribution in [2.45, 2.75) is 57.4 Å². The fraction of sp³-hybridized carbons (Fsp3) is 0.923. The van der Waals surface area contributed by atoms with Gasteiger partial charge in [-0.2, -0.15) is 0 Å². The number of hydrogen-bond donors (Lipinski definition) is 2. The molecule has 0 aromatic carbocycles. The van der Waals surface area contributed by atoms with E-state index in [4.69, 9.17) is 15.6 Å². The van der Waals surface area contributed by atoms with Gasteiger partial charge in [0.15, 0.2) is 0 Å². The lowest BCUT2D eigenvalue weighted by Crippen LogP contribution is -2.54. The SMILES string of the molecule is CCCCCCCOCC(N)(C(=O)O)C1CC1. The Hall–Kier alpha value is -0.610. The van der Waals surface area contributed by atoms with Crippen LogP contribution in [0.25, 0.3) is 0 Å². The minimum atomic E-state index is -1.15. The van der Waals surface area contributed by atoms with Gasteiger partial charge in [-0.1, -0.05) is 32.6 Å². The zero-order valence-corrected chi connectivity index (χ0v) is 10.8. The van der Waals surface area contributed by atoms with Crippen LogP contribution in [0.3, 0.4) is 0 Å². The molecule has 1 fully saturated rings. The monoisotopic (exact) mass is 243 g/mol. The van der Waals surface area contributed by atoms with Gasteiger partial charge in [0, 0.05) is 6.61 Å². The molecule has 4 heteroatoms. The van der Waals surface area contributed by atoms with Gasteiger partial charge in [0.05, 0.1) is 6.61 Å². The molecule has 0 heterocycles. The summed E-state index contributed by atoms with van der Waals surface area (Å²) in [4.78, 5) is 11.1. The lowest BCUT2D eigenvalue weighted by atomic mass is 9.96. The van der Waals surface area contributed by atoms with E-state index in [0.29, 0.717) is 6.61 Å². The highest BCUT2D eigenvalue weighted by atomic mass is 16.5. The van der Waals surface area contributed by atoms with Crippen LogP contribution in [0.2, 0.25) is 0 Å². The van der Waals surface area contributed by atoms with Crippen molar-refractivity contribution in [3.63, 3.8) is 0 Å². The molecule has 17 heavy (non-hydrogen) atoms. The van der Waals surface area contributed by atoms with Crippen LogP contribution in [0.1, 0.15) is 51.9 Å². The summed E-state index contributed by atoms with van der Waals surface area (Å²) in [7, 11) is 0. The maximum Gasteiger partial charge on any atom is 0.326 e. The second kappa shape index (κ2) is 6.97. The summed E-state index contributed by atoms with van der Waals surface area (Å²) in [6.07, 6.45) is 7.72. The number of ether oxygens (including phenoxy) is 1. The Morgan fingerprint density at radius 1 is 1.35 bits per heavy atom. The number of rotatable bonds is 10. The number of unbranched alkanes of at least 4 members (excludes halogenated alkanes) is 4. The summed E-state index contributed by atoms with van der Waals surface area (Å²) in [5, 5.41) is 9.11. The molecule has 1 aliphatic carbocycles. The van der Waals surface area contributed by atoms with Crippen molar-refractivity contribution < 1.29 is 14.6 Å². The second-order valence-corrected chi connectivity index (χ2v) is 5.09. The first-order valence-electron chi connectivity index (χ1n) is 6.71. The van der Waals surface area contributed by atoms with Gasteiger partial charge in [-0.05, 0) is 25.2 Å². The number of hydrogen-bond acceptors (Lipinski definition) is 3. The average molecular weight is 243 g/mol. The summed E-state index contributed by atoms with van der Waals surface area (Å²) in [6.45, 7) is 2.96. The van der Waals surface area contributed by atoms with Crippen LogP contribution in [0.15, 0.2) is 0 Å². The molecule has 0 spiro atoms. The summed E-state index contributed by atoms with van der Waals surface area (Å²) in [5.41, 5.74) is 4.73. The van der Waals surface area contributed by atoms with Crippen molar-refractivity contribution >= 4 is 5.97 Å². The molecule has 1 saturated carbocycles. The minimum Gasteiger partial charge on any atom is -0.480 e. The average Bonchev–Trinajstić information content (AvgIpc) is 3.11. The lowest BCUT2D eigenvalue weighted by molar-refractivity contribution is -0.147. The Labute approximate surface area is 104 Å². The van der Waals surface area contributed by atoms with Crippen molar-refractivity contribution in [1.82, 2.24) is 0 Å². The van der Waals surface area contributed by atoms with Crippen molar-refractivity contribution in [1.29, 1.82) is 0 Å². The van der Waals surface area contributed by atoms with E-state index in [1.54, 1.807) is 0 Å². The molecular weight excluding hydrogens is 218 g/mol. The van der Waals surface area contributed by atoms with Crippen LogP contribution in [0.4, 0.5) is 0 Å². The minimum absolute atomic E-state index is 0.111. The number of aliphatic carboxylic acids is 1. The molecule has 0 aromatic heterocycles. The van der Waals surface area contributed by atoms with E-state index in [-0.39, 0.29) is 12.5 Å². The van der Waals surface area contributed by atoms with Crippen LogP contribution >= 0.6 is 0 Å². The fourth-order valence-electron chi connectivity index (χ4n) is 2.00. The summed E-state index contributed by atoms with van der Waals surface area (Å²) in [6, 6.07) is 0. The molecule has 1 atom stereocenters. The van der Waals surface area contributed by atoms with Crippen LogP contribution in [0, 0.1) is 5.92 Å². The van der Waals surface area contributed by atoms with Crippen LogP contribution in [0.5, 0.6) is 0 Å². The third-order valence-corrected chi connectivity index (χ3v) is 3.44. The van der Waals surface area contributed by atoms with Crippen LogP contribution in [-0.2, 0) is 9.53 Å². The highest BCUT2D eigenvalue weighted by molar-refractivity contribution is 5.79. The highest BCUT2D eigenvalue weighted by Gasteiger charge is 2.48. The first kappa shape index (κ1) is 14.5. The molecule has 100 valence electrons. The Bertz CT molecular complexity index is 241. The Morgan fingerprint density at radius 2 is 2.00 bits per heavy atom. The van der Waals surface area contributed by atoms with Gasteiger partial charge < -0.3 is 15.6 Å². The number of carbonyl (C=O) groups is 1. The van der Waals surface area contributed by atoms with Gasteiger partial charge in [0.1, 0.15) is 5.54 Å². The fourth-order valence-corrected chi connectivity index (χ4v) is 2.00. The van der Waals surface area contributed by atoms with Crippen LogP contribution in [-0.4, -0.2) is 29.8 Å². The van der Waals surface area contributed by atoms with Crippen molar-refractivity contribution in [3.8, 4) is 0 Å². The quantitative estimate of drug-likeness (QED) is 0.577. The van der Waals surface area contributed by atoms with Gasteiger partial charge >= 0.3 is 5.97 Å². The highest BCUT2D eigenvalue weighted by Crippen LogP contribution is 2.38. The topological polar surface area (TPSA) is 72.5 Å². The molecule has 0 radical (unpaired) electrons. The third kappa shape index (κ3) is 4.64. The smallest absolute Gasteiger partial charge is 0.326 e. The van der Waals surface area contributed by atoms with E-state index in [1.807, 2.05) is 0 Å². The number of carboxylic acid groups (broad SMARTS) is 1. The van der Waals surface area contributed by atoms with Gasteiger partial charge in [0.2, 0.25) is 0 Å². The molecular formula is C13H25NO3. The van der Waals surface area contributed by atoms with Crippen molar-refractivity contribution in [3.05, 3.63) is 0 Å². The molecule has 0 aliphatic heterocycles. The zero-order valence-electron chi connectivity index (χ0n) is 10.8. The van der Waals surface area contributed by atoms with Crippen LogP contribution < -0.4 is 5.73 Å². The first-order valence-corrected chi connectivity index (χ1v) is 6.71.